The fourth-order valence-electron chi connectivity index (χ4n) is 1.99. The Labute approximate surface area is 109 Å². The molecular formula is C14H10ClFN2. The second-order valence-electron chi connectivity index (χ2n) is 4.17. The average Bonchev–Trinajstić information content (AvgIpc) is 2.67. The molecule has 0 aliphatic rings. The highest BCUT2D eigenvalue weighted by atomic mass is 35.5. The summed E-state index contributed by atoms with van der Waals surface area (Å²) in [6, 6.07) is 10.4. The Balaban J connectivity index is 2.34. The Kier molecular flexibility index (Phi) is 2.56. The predicted octanol–water partition coefficient (Wildman–Crippen LogP) is 4.10. The lowest BCUT2D eigenvalue weighted by atomic mass is 10.2. The molecule has 0 aliphatic heterocycles. The van der Waals surface area contributed by atoms with Crippen molar-refractivity contribution >= 4 is 17.1 Å². The Hall–Kier alpha value is -1.87. The maximum Gasteiger partial charge on any atom is 0.155 e. The van der Waals surface area contributed by atoms with E-state index in [-0.39, 0.29) is 5.82 Å². The van der Waals surface area contributed by atoms with Crippen molar-refractivity contribution in [1.29, 1.82) is 0 Å². The normalized spacial score (nSPS) is 11.1. The fraction of sp³-hybridized carbons (Fsp3) is 0.0714. The number of imidazole rings is 1. The van der Waals surface area contributed by atoms with Crippen LogP contribution in [0.5, 0.6) is 0 Å². The third-order valence-corrected chi connectivity index (χ3v) is 3.15. The van der Waals surface area contributed by atoms with Crippen molar-refractivity contribution in [3.63, 3.8) is 0 Å². The highest BCUT2D eigenvalue weighted by Gasteiger charge is 2.13. The molecule has 0 atom stereocenters. The third-order valence-electron chi connectivity index (χ3n) is 2.87. The minimum absolute atomic E-state index is 0.304. The van der Waals surface area contributed by atoms with Crippen LogP contribution in [0.25, 0.3) is 16.9 Å². The second-order valence-corrected chi connectivity index (χ2v) is 4.52. The number of aryl methyl sites for hydroxylation is 1. The Bertz CT molecular complexity index is 734. The summed E-state index contributed by atoms with van der Waals surface area (Å²) in [7, 11) is 0. The topological polar surface area (TPSA) is 17.3 Å². The molecule has 0 aliphatic carbocycles. The largest absolute Gasteiger partial charge is 0.298 e. The van der Waals surface area contributed by atoms with E-state index in [9.17, 15) is 4.39 Å². The number of hydrogen-bond donors (Lipinski definition) is 0. The molecule has 90 valence electrons. The molecule has 0 bridgehead atoms. The van der Waals surface area contributed by atoms with Crippen LogP contribution in [0.3, 0.4) is 0 Å². The highest BCUT2D eigenvalue weighted by molar-refractivity contribution is 6.32. The van der Waals surface area contributed by atoms with E-state index >= 15 is 0 Å². The van der Waals surface area contributed by atoms with Gasteiger partial charge in [-0.25, -0.2) is 9.37 Å². The number of benzene rings is 1. The third kappa shape index (κ3) is 1.68. The number of aromatic nitrogens is 2. The standard InChI is InChI=1S/C14H10ClFN2/c1-9-6-7-18-12(8-9)13(15)17-14(18)10-4-2-3-5-11(10)16/h2-8H,1H3. The lowest BCUT2D eigenvalue weighted by Crippen LogP contribution is -1.92. The van der Waals surface area contributed by atoms with E-state index in [1.54, 1.807) is 22.6 Å². The molecule has 0 spiro atoms. The van der Waals surface area contributed by atoms with E-state index in [0.29, 0.717) is 16.5 Å². The summed E-state index contributed by atoms with van der Waals surface area (Å²) in [5.74, 6) is 0.217. The van der Waals surface area contributed by atoms with Crippen molar-refractivity contribution in [2.45, 2.75) is 6.92 Å². The van der Waals surface area contributed by atoms with Gasteiger partial charge < -0.3 is 0 Å². The van der Waals surface area contributed by atoms with Gasteiger partial charge in [0.25, 0.3) is 0 Å². The molecule has 2 nitrogen and oxygen atoms in total. The molecule has 3 aromatic rings. The van der Waals surface area contributed by atoms with Crippen molar-refractivity contribution < 1.29 is 4.39 Å². The number of rotatable bonds is 1. The predicted molar refractivity (Wildman–Crippen MR) is 70.3 cm³/mol. The van der Waals surface area contributed by atoms with Gasteiger partial charge >= 0.3 is 0 Å². The zero-order valence-corrected chi connectivity index (χ0v) is 10.4. The summed E-state index contributed by atoms with van der Waals surface area (Å²) in [4.78, 5) is 4.25. The fourth-order valence-corrected chi connectivity index (χ4v) is 2.21. The SMILES string of the molecule is Cc1ccn2c(-c3ccccc3F)nc(Cl)c2c1. The van der Waals surface area contributed by atoms with Gasteiger partial charge in [-0.05, 0) is 36.8 Å². The van der Waals surface area contributed by atoms with E-state index in [2.05, 4.69) is 4.98 Å². The Morgan fingerprint density at radius 3 is 2.78 bits per heavy atom. The van der Waals surface area contributed by atoms with Crippen molar-refractivity contribution in [2.75, 3.05) is 0 Å². The van der Waals surface area contributed by atoms with Gasteiger partial charge in [0.1, 0.15) is 11.6 Å². The summed E-state index contributed by atoms with van der Waals surface area (Å²) in [5.41, 5.74) is 2.32. The van der Waals surface area contributed by atoms with Crippen molar-refractivity contribution in [2.24, 2.45) is 0 Å². The number of halogens is 2. The minimum Gasteiger partial charge on any atom is -0.298 e. The monoisotopic (exact) mass is 260 g/mol. The summed E-state index contributed by atoms with van der Waals surface area (Å²) in [6.45, 7) is 1.98. The van der Waals surface area contributed by atoms with Crippen LogP contribution in [0.4, 0.5) is 4.39 Å². The van der Waals surface area contributed by atoms with Crippen LogP contribution in [-0.2, 0) is 0 Å². The van der Waals surface area contributed by atoms with Crippen LogP contribution in [0.1, 0.15) is 5.56 Å². The molecular weight excluding hydrogens is 251 g/mol. The molecule has 0 fully saturated rings. The minimum atomic E-state index is -0.304. The Morgan fingerprint density at radius 1 is 1.22 bits per heavy atom. The number of hydrogen-bond acceptors (Lipinski definition) is 1. The first kappa shape index (κ1) is 11.2. The zero-order valence-electron chi connectivity index (χ0n) is 9.69. The second kappa shape index (κ2) is 4.10. The van der Waals surface area contributed by atoms with Crippen LogP contribution in [0.2, 0.25) is 5.15 Å². The quantitative estimate of drug-likeness (QED) is 0.644. The van der Waals surface area contributed by atoms with E-state index in [1.165, 1.54) is 6.07 Å². The van der Waals surface area contributed by atoms with Gasteiger partial charge in [0.05, 0.1) is 11.1 Å². The molecule has 2 aromatic heterocycles. The lowest BCUT2D eigenvalue weighted by molar-refractivity contribution is 0.630. The van der Waals surface area contributed by atoms with Gasteiger partial charge in [-0.2, -0.15) is 0 Å². The van der Waals surface area contributed by atoms with Gasteiger partial charge in [0.2, 0.25) is 0 Å². The highest BCUT2D eigenvalue weighted by Crippen LogP contribution is 2.27. The molecule has 18 heavy (non-hydrogen) atoms. The number of nitrogens with zero attached hydrogens (tertiary/aromatic N) is 2. The molecule has 4 heteroatoms. The molecule has 0 saturated heterocycles. The molecule has 0 amide bonds. The van der Waals surface area contributed by atoms with E-state index < -0.39 is 0 Å². The molecule has 0 radical (unpaired) electrons. The van der Waals surface area contributed by atoms with Crippen LogP contribution in [0.15, 0.2) is 42.6 Å². The Morgan fingerprint density at radius 2 is 2.00 bits per heavy atom. The summed E-state index contributed by atoms with van der Waals surface area (Å²) >= 11 is 6.10. The number of pyridine rings is 1. The molecule has 0 saturated carbocycles. The van der Waals surface area contributed by atoms with Crippen LogP contribution >= 0.6 is 11.6 Å². The zero-order chi connectivity index (χ0) is 12.7. The van der Waals surface area contributed by atoms with Gasteiger partial charge in [0.15, 0.2) is 5.15 Å². The first-order valence-electron chi connectivity index (χ1n) is 5.56. The lowest BCUT2D eigenvalue weighted by Gasteiger charge is -2.02. The van der Waals surface area contributed by atoms with Gasteiger partial charge in [0, 0.05) is 6.20 Å². The van der Waals surface area contributed by atoms with Crippen LogP contribution in [-0.4, -0.2) is 9.38 Å². The van der Waals surface area contributed by atoms with E-state index in [4.69, 9.17) is 11.6 Å². The molecule has 0 unspecified atom stereocenters. The number of fused-ring (bicyclic) bond motifs is 1. The average molecular weight is 261 g/mol. The summed E-state index contributed by atoms with van der Waals surface area (Å²) < 4.78 is 15.6. The van der Waals surface area contributed by atoms with Gasteiger partial charge in [-0.1, -0.05) is 23.7 Å². The smallest absolute Gasteiger partial charge is 0.155 e. The molecule has 0 N–H and O–H groups in total. The first-order chi connectivity index (χ1) is 8.66. The van der Waals surface area contributed by atoms with Crippen LogP contribution < -0.4 is 0 Å². The van der Waals surface area contributed by atoms with Crippen molar-refractivity contribution in [3.05, 3.63) is 59.1 Å². The molecule has 3 rings (SSSR count). The maximum absolute atomic E-state index is 13.8. The van der Waals surface area contributed by atoms with Crippen molar-refractivity contribution in [1.82, 2.24) is 9.38 Å². The van der Waals surface area contributed by atoms with E-state index in [0.717, 1.165) is 11.1 Å². The van der Waals surface area contributed by atoms with Crippen molar-refractivity contribution in [3.8, 4) is 11.4 Å². The summed E-state index contributed by atoms with van der Waals surface area (Å²) in [6.07, 6.45) is 1.85. The van der Waals surface area contributed by atoms with Gasteiger partial charge in [-0.3, -0.25) is 4.40 Å². The van der Waals surface area contributed by atoms with Crippen LogP contribution in [0, 0.1) is 12.7 Å². The summed E-state index contributed by atoms with van der Waals surface area (Å²) in [5, 5.41) is 0.386. The molecule has 2 heterocycles. The molecule has 1 aromatic carbocycles. The first-order valence-corrected chi connectivity index (χ1v) is 5.94. The maximum atomic E-state index is 13.8. The van der Waals surface area contributed by atoms with Gasteiger partial charge in [-0.15, -0.1) is 0 Å². The van der Waals surface area contributed by atoms with E-state index in [1.807, 2.05) is 25.3 Å².